The van der Waals surface area contributed by atoms with Gasteiger partial charge in [0.15, 0.2) is 0 Å². The molecule has 1 atom stereocenters. The van der Waals surface area contributed by atoms with Gasteiger partial charge in [0.05, 0.1) is 11.9 Å². The van der Waals surface area contributed by atoms with E-state index in [0.29, 0.717) is 0 Å². The molecule has 1 aliphatic rings. The van der Waals surface area contributed by atoms with Gasteiger partial charge in [0.25, 0.3) is 0 Å². The Bertz CT molecular complexity index is 262. The van der Waals surface area contributed by atoms with Crippen LogP contribution in [-0.2, 0) is 6.54 Å². The summed E-state index contributed by atoms with van der Waals surface area (Å²) in [5, 5.41) is 7.86. The van der Waals surface area contributed by atoms with E-state index >= 15 is 0 Å². The zero-order chi connectivity index (χ0) is 8.55. The summed E-state index contributed by atoms with van der Waals surface area (Å²) < 4.78 is 1.93. The van der Waals surface area contributed by atoms with Gasteiger partial charge < -0.3 is 5.73 Å². The molecule has 0 radical (unpaired) electrons. The van der Waals surface area contributed by atoms with Gasteiger partial charge in [-0.25, -0.2) is 4.68 Å². The average molecular weight is 166 g/mol. The van der Waals surface area contributed by atoms with Gasteiger partial charge in [0.1, 0.15) is 0 Å². The molecule has 1 fully saturated rings. The standard InChI is InChI=1S/C8H14N4/c1-6(9)8-4-10-11-12(8)5-7-2-3-7/h4,6-7H,2-3,5,9H2,1H3/t6-/m0/s1. The van der Waals surface area contributed by atoms with Crippen LogP contribution >= 0.6 is 0 Å². The molecular formula is C8H14N4. The van der Waals surface area contributed by atoms with Crippen molar-refractivity contribution in [2.45, 2.75) is 32.4 Å². The van der Waals surface area contributed by atoms with Gasteiger partial charge in [-0.1, -0.05) is 5.21 Å². The van der Waals surface area contributed by atoms with E-state index in [1.54, 1.807) is 6.20 Å². The minimum absolute atomic E-state index is 0.0405. The number of nitrogens with two attached hydrogens (primary N) is 1. The van der Waals surface area contributed by atoms with Gasteiger partial charge in [0.2, 0.25) is 0 Å². The highest BCUT2D eigenvalue weighted by Crippen LogP contribution is 2.30. The lowest BCUT2D eigenvalue weighted by molar-refractivity contribution is 0.509. The van der Waals surface area contributed by atoms with Crippen molar-refractivity contribution in [1.29, 1.82) is 0 Å². The molecule has 2 rings (SSSR count). The molecule has 1 saturated carbocycles. The molecule has 0 unspecified atom stereocenters. The number of hydrogen-bond acceptors (Lipinski definition) is 3. The van der Waals surface area contributed by atoms with E-state index in [-0.39, 0.29) is 6.04 Å². The lowest BCUT2D eigenvalue weighted by Gasteiger charge is -2.07. The van der Waals surface area contributed by atoms with Crippen LogP contribution < -0.4 is 5.73 Å². The van der Waals surface area contributed by atoms with Crippen LogP contribution in [0.25, 0.3) is 0 Å². The SMILES string of the molecule is C[C@H](N)c1cnnn1CC1CC1. The van der Waals surface area contributed by atoms with Gasteiger partial charge in [-0.05, 0) is 25.7 Å². The highest BCUT2D eigenvalue weighted by Gasteiger charge is 2.23. The smallest absolute Gasteiger partial charge is 0.0751 e. The Balaban J connectivity index is 2.11. The molecule has 0 amide bonds. The second kappa shape index (κ2) is 2.86. The fourth-order valence-corrected chi connectivity index (χ4v) is 1.31. The Labute approximate surface area is 71.8 Å². The van der Waals surface area contributed by atoms with Crippen LogP contribution in [0.3, 0.4) is 0 Å². The van der Waals surface area contributed by atoms with E-state index in [1.165, 1.54) is 12.8 Å². The summed E-state index contributed by atoms with van der Waals surface area (Å²) in [6.45, 7) is 2.96. The summed E-state index contributed by atoms with van der Waals surface area (Å²) in [7, 11) is 0. The van der Waals surface area contributed by atoms with Crippen molar-refractivity contribution in [2.24, 2.45) is 11.7 Å². The molecule has 66 valence electrons. The first-order valence-corrected chi connectivity index (χ1v) is 4.41. The number of aromatic nitrogens is 3. The molecule has 0 aromatic carbocycles. The predicted molar refractivity (Wildman–Crippen MR) is 45.3 cm³/mol. The summed E-state index contributed by atoms with van der Waals surface area (Å²) in [6, 6.07) is 0.0405. The summed E-state index contributed by atoms with van der Waals surface area (Å²) in [5.41, 5.74) is 6.80. The molecule has 1 aromatic rings. The maximum absolute atomic E-state index is 5.75. The van der Waals surface area contributed by atoms with Crippen LogP contribution in [0, 0.1) is 5.92 Å². The quantitative estimate of drug-likeness (QED) is 0.719. The van der Waals surface area contributed by atoms with Crippen molar-refractivity contribution in [3.05, 3.63) is 11.9 Å². The minimum Gasteiger partial charge on any atom is -0.323 e. The first-order valence-electron chi connectivity index (χ1n) is 4.41. The van der Waals surface area contributed by atoms with Gasteiger partial charge in [-0.15, -0.1) is 5.10 Å². The Morgan fingerprint density at radius 3 is 3.08 bits per heavy atom. The number of hydrogen-bond donors (Lipinski definition) is 1. The van der Waals surface area contributed by atoms with E-state index < -0.39 is 0 Å². The molecular weight excluding hydrogens is 152 g/mol. The van der Waals surface area contributed by atoms with Gasteiger partial charge in [0, 0.05) is 12.6 Å². The third-order valence-corrected chi connectivity index (χ3v) is 2.24. The Hall–Kier alpha value is -0.900. The molecule has 1 heterocycles. The summed E-state index contributed by atoms with van der Waals surface area (Å²) in [4.78, 5) is 0. The molecule has 0 spiro atoms. The monoisotopic (exact) mass is 166 g/mol. The Kier molecular flexibility index (Phi) is 1.84. The molecule has 4 nitrogen and oxygen atoms in total. The molecule has 0 aliphatic heterocycles. The third kappa shape index (κ3) is 1.48. The predicted octanol–water partition coefficient (Wildman–Crippen LogP) is 0.708. The van der Waals surface area contributed by atoms with Crippen LogP contribution in [-0.4, -0.2) is 15.0 Å². The molecule has 0 bridgehead atoms. The maximum atomic E-state index is 5.75. The molecule has 12 heavy (non-hydrogen) atoms. The zero-order valence-electron chi connectivity index (χ0n) is 7.27. The van der Waals surface area contributed by atoms with Crippen LogP contribution in [0.4, 0.5) is 0 Å². The maximum Gasteiger partial charge on any atom is 0.0751 e. The normalized spacial score (nSPS) is 19.5. The number of rotatable bonds is 3. The summed E-state index contributed by atoms with van der Waals surface area (Å²) in [5.74, 6) is 0.823. The van der Waals surface area contributed by atoms with Crippen molar-refractivity contribution in [1.82, 2.24) is 15.0 Å². The van der Waals surface area contributed by atoms with Crippen molar-refractivity contribution in [2.75, 3.05) is 0 Å². The fraction of sp³-hybridized carbons (Fsp3) is 0.750. The van der Waals surface area contributed by atoms with Crippen molar-refractivity contribution < 1.29 is 0 Å². The van der Waals surface area contributed by atoms with Gasteiger partial charge in [-0.3, -0.25) is 0 Å². The van der Waals surface area contributed by atoms with Gasteiger partial charge >= 0.3 is 0 Å². The van der Waals surface area contributed by atoms with E-state index in [9.17, 15) is 0 Å². The fourth-order valence-electron chi connectivity index (χ4n) is 1.31. The molecule has 4 heteroatoms. The highest BCUT2D eigenvalue weighted by atomic mass is 15.4. The zero-order valence-corrected chi connectivity index (χ0v) is 7.27. The topological polar surface area (TPSA) is 56.7 Å². The van der Waals surface area contributed by atoms with E-state index in [0.717, 1.165) is 18.2 Å². The summed E-state index contributed by atoms with van der Waals surface area (Å²) in [6.07, 6.45) is 4.42. The lowest BCUT2D eigenvalue weighted by Crippen LogP contribution is -2.14. The van der Waals surface area contributed by atoms with E-state index in [1.807, 2.05) is 11.6 Å². The first-order chi connectivity index (χ1) is 5.77. The van der Waals surface area contributed by atoms with Crippen molar-refractivity contribution in [3.8, 4) is 0 Å². The second-order valence-corrected chi connectivity index (χ2v) is 3.57. The highest BCUT2D eigenvalue weighted by molar-refractivity contribution is 4.99. The van der Waals surface area contributed by atoms with E-state index in [4.69, 9.17) is 5.73 Å². The largest absolute Gasteiger partial charge is 0.323 e. The number of nitrogens with zero attached hydrogens (tertiary/aromatic N) is 3. The first kappa shape index (κ1) is 7.73. The van der Waals surface area contributed by atoms with Gasteiger partial charge in [-0.2, -0.15) is 0 Å². The average Bonchev–Trinajstić information content (AvgIpc) is 2.66. The molecule has 1 aromatic heterocycles. The Morgan fingerprint density at radius 1 is 1.75 bits per heavy atom. The minimum atomic E-state index is 0.0405. The van der Waals surface area contributed by atoms with Crippen LogP contribution in [0.5, 0.6) is 0 Å². The second-order valence-electron chi connectivity index (χ2n) is 3.57. The lowest BCUT2D eigenvalue weighted by atomic mass is 10.2. The molecule has 2 N–H and O–H groups in total. The molecule has 1 aliphatic carbocycles. The third-order valence-electron chi connectivity index (χ3n) is 2.24. The summed E-state index contributed by atoms with van der Waals surface area (Å²) >= 11 is 0. The Morgan fingerprint density at radius 2 is 2.50 bits per heavy atom. The van der Waals surface area contributed by atoms with E-state index in [2.05, 4.69) is 10.3 Å². The van der Waals surface area contributed by atoms with Crippen molar-refractivity contribution in [3.63, 3.8) is 0 Å². The molecule has 0 saturated heterocycles. The van der Waals surface area contributed by atoms with Crippen LogP contribution in [0.15, 0.2) is 6.20 Å². The van der Waals surface area contributed by atoms with Crippen LogP contribution in [0.1, 0.15) is 31.5 Å². The van der Waals surface area contributed by atoms with Crippen LogP contribution in [0.2, 0.25) is 0 Å². The van der Waals surface area contributed by atoms with Crippen molar-refractivity contribution >= 4 is 0 Å².